The van der Waals surface area contributed by atoms with Crippen molar-refractivity contribution in [1.29, 1.82) is 0 Å². The molecule has 2 aromatic rings. The Morgan fingerprint density at radius 2 is 2.41 bits per heavy atom. The highest BCUT2D eigenvalue weighted by molar-refractivity contribution is 5.69. The van der Waals surface area contributed by atoms with Crippen molar-refractivity contribution >= 4 is 5.97 Å². The number of hydrogen-bond donors (Lipinski definition) is 0. The molecule has 0 saturated heterocycles. The molecule has 0 N–H and O–H groups in total. The van der Waals surface area contributed by atoms with Crippen molar-refractivity contribution in [1.82, 2.24) is 20.2 Å². The summed E-state index contributed by atoms with van der Waals surface area (Å²) in [4.78, 5) is 12.5. The Bertz CT molecular complexity index is 489. The molecule has 90 valence electrons. The molecule has 2 rings (SSSR count). The van der Waals surface area contributed by atoms with Gasteiger partial charge in [-0.2, -0.15) is 4.80 Å². The van der Waals surface area contributed by atoms with Gasteiger partial charge < -0.3 is 9.15 Å². The van der Waals surface area contributed by atoms with Crippen molar-refractivity contribution in [2.45, 2.75) is 26.5 Å². The smallest absolute Gasteiger partial charge is 0.329 e. The second-order valence-electron chi connectivity index (χ2n) is 3.66. The monoisotopic (exact) mass is 236 g/mol. The van der Waals surface area contributed by atoms with Crippen molar-refractivity contribution in [2.75, 3.05) is 0 Å². The molecule has 0 saturated carbocycles. The van der Waals surface area contributed by atoms with Gasteiger partial charge in [-0.25, -0.2) is 4.79 Å². The Balaban J connectivity index is 2.02. The minimum Gasteiger partial charge on any atom is -0.462 e. The van der Waals surface area contributed by atoms with Crippen LogP contribution in [0.2, 0.25) is 0 Å². The average Bonchev–Trinajstić information content (AvgIpc) is 2.84. The van der Waals surface area contributed by atoms with Crippen molar-refractivity contribution in [2.24, 2.45) is 0 Å². The molecule has 17 heavy (non-hydrogen) atoms. The van der Waals surface area contributed by atoms with Gasteiger partial charge in [0, 0.05) is 0 Å². The van der Waals surface area contributed by atoms with Gasteiger partial charge in [0.05, 0.1) is 12.4 Å². The lowest BCUT2D eigenvalue weighted by Gasteiger charge is -2.06. The molecule has 0 aliphatic carbocycles. The molecule has 0 unspecified atom stereocenters. The second-order valence-corrected chi connectivity index (χ2v) is 3.66. The predicted octanol–water partition coefficient (Wildman–Crippen LogP) is 0.885. The largest absolute Gasteiger partial charge is 0.462 e. The fourth-order valence-electron chi connectivity index (χ4n) is 1.23. The molecule has 0 amide bonds. The van der Waals surface area contributed by atoms with Gasteiger partial charge >= 0.3 is 5.97 Å². The van der Waals surface area contributed by atoms with Crippen LogP contribution in [-0.4, -0.2) is 32.3 Å². The van der Waals surface area contributed by atoms with Gasteiger partial charge in [0.1, 0.15) is 0 Å². The van der Waals surface area contributed by atoms with Crippen molar-refractivity contribution in [3.63, 3.8) is 0 Å². The number of nitrogens with zero attached hydrogens (tertiary/aromatic N) is 4. The number of carbonyl (C=O) groups is 1. The minimum absolute atomic E-state index is 0.0636. The summed E-state index contributed by atoms with van der Waals surface area (Å²) in [6.07, 6.45) is 1.36. The van der Waals surface area contributed by atoms with E-state index >= 15 is 0 Å². The van der Waals surface area contributed by atoms with Crippen LogP contribution in [0.3, 0.4) is 0 Å². The van der Waals surface area contributed by atoms with E-state index in [4.69, 9.17) is 9.15 Å². The number of rotatable bonds is 4. The third-order valence-corrected chi connectivity index (χ3v) is 1.83. The van der Waals surface area contributed by atoms with Crippen LogP contribution in [0.1, 0.15) is 13.8 Å². The molecule has 0 bridgehead atoms. The lowest BCUT2D eigenvalue weighted by Crippen LogP contribution is -2.19. The molecule has 0 aliphatic heterocycles. The number of aromatic nitrogens is 4. The zero-order chi connectivity index (χ0) is 12.3. The summed E-state index contributed by atoms with van der Waals surface area (Å²) in [6, 6.07) is 3.44. The van der Waals surface area contributed by atoms with E-state index in [1.807, 2.05) is 0 Å². The Kier molecular flexibility index (Phi) is 3.17. The van der Waals surface area contributed by atoms with E-state index in [9.17, 15) is 4.79 Å². The van der Waals surface area contributed by atoms with E-state index in [-0.39, 0.29) is 12.6 Å². The number of hydrogen-bond acceptors (Lipinski definition) is 6. The van der Waals surface area contributed by atoms with Crippen LogP contribution in [0.25, 0.3) is 11.6 Å². The Labute approximate surface area is 97.4 Å². The molecule has 0 aromatic carbocycles. The topological polar surface area (TPSA) is 83.0 Å². The second kappa shape index (κ2) is 4.77. The summed E-state index contributed by atoms with van der Waals surface area (Å²) in [7, 11) is 0. The van der Waals surface area contributed by atoms with Gasteiger partial charge in [0.25, 0.3) is 0 Å². The zero-order valence-electron chi connectivity index (χ0n) is 9.53. The van der Waals surface area contributed by atoms with E-state index in [0.29, 0.717) is 11.6 Å². The first kappa shape index (κ1) is 11.3. The molecular weight excluding hydrogens is 224 g/mol. The average molecular weight is 236 g/mol. The fourth-order valence-corrected chi connectivity index (χ4v) is 1.23. The Morgan fingerprint density at radius 1 is 1.59 bits per heavy atom. The van der Waals surface area contributed by atoms with E-state index < -0.39 is 5.97 Å². The van der Waals surface area contributed by atoms with Crippen molar-refractivity contribution in [3.05, 3.63) is 18.4 Å². The Morgan fingerprint density at radius 3 is 3.06 bits per heavy atom. The van der Waals surface area contributed by atoms with Gasteiger partial charge in [0.2, 0.25) is 5.82 Å². The van der Waals surface area contributed by atoms with E-state index in [1.165, 1.54) is 11.1 Å². The van der Waals surface area contributed by atoms with Gasteiger partial charge in [-0.3, -0.25) is 0 Å². The van der Waals surface area contributed by atoms with Gasteiger partial charge in [0.15, 0.2) is 12.3 Å². The summed E-state index contributed by atoms with van der Waals surface area (Å²) >= 11 is 0. The fraction of sp³-hybridized carbons (Fsp3) is 0.400. The number of furan rings is 1. The number of tetrazole rings is 1. The van der Waals surface area contributed by atoms with Crippen LogP contribution in [0.15, 0.2) is 22.8 Å². The third-order valence-electron chi connectivity index (χ3n) is 1.83. The third kappa shape index (κ3) is 2.90. The van der Waals surface area contributed by atoms with Crippen LogP contribution in [0.4, 0.5) is 0 Å². The predicted molar refractivity (Wildman–Crippen MR) is 56.7 cm³/mol. The quantitative estimate of drug-likeness (QED) is 0.733. The molecule has 0 radical (unpaired) electrons. The highest BCUT2D eigenvalue weighted by Crippen LogP contribution is 2.12. The molecule has 7 heteroatoms. The lowest BCUT2D eigenvalue weighted by atomic mass is 10.4. The molecule has 0 fully saturated rings. The van der Waals surface area contributed by atoms with E-state index in [0.717, 1.165) is 0 Å². The molecule has 0 aliphatic rings. The lowest BCUT2D eigenvalue weighted by molar-refractivity contribution is -0.148. The van der Waals surface area contributed by atoms with E-state index in [2.05, 4.69) is 15.4 Å². The summed E-state index contributed by atoms with van der Waals surface area (Å²) in [6.45, 7) is 3.49. The number of ether oxygens (including phenoxy) is 1. The van der Waals surface area contributed by atoms with Crippen LogP contribution in [0.5, 0.6) is 0 Å². The SMILES string of the molecule is CC(C)OC(=O)Cn1nnc(-c2ccco2)n1. The minimum atomic E-state index is -0.400. The maximum absolute atomic E-state index is 11.3. The molecule has 2 aromatic heterocycles. The van der Waals surface area contributed by atoms with Crippen LogP contribution < -0.4 is 0 Å². The van der Waals surface area contributed by atoms with Crippen molar-refractivity contribution in [3.8, 4) is 11.6 Å². The zero-order valence-corrected chi connectivity index (χ0v) is 9.53. The summed E-state index contributed by atoms with van der Waals surface area (Å²) in [5.74, 6) is 0.448. The molecule has 0 atom stereocenters. The first-order valence-electron chi connectivity index (χ1n) is 5.16. The molecule has 0 spiro atoms. The number of carbonyl (C=O) groups excluding carboxylic acids is 1. The maximum atomic E-state index is 11.3. The molecule has 2 heterocycles. The standard InChI is InChI=1S/C10H12N4O3/c1-7(2)17-9(15)6-14-12-10(11-13-14)8-4-3-5-16-8/h3-5,7H,6H2,1-2H3. The number of esters is 1. The Hall–Kier alpha value is -2.18. The highest BCUT2D eigenvalue weighted by atomic mass is 16.5. The molecular formula is C10H12N4O3. The van der Waals surface area contributed by atoms with Crippen LogP contribution >= 0.6 is 0 Å². The normalized spacial score (nSPS) is 10.8. The summed E-state index contributed by atoms with van der Waals surface area (Å²) in [5.41, 5.74) is 0. The van der Waals surface area contributed by atoms with Gasteiger partial charge in [-0.05, 0) is 31.2 Å². The van der Waals surface area contributed by atoms with Gasteiger partial charge in [-0.1, -0.05) is 0 Å². The summed E-state index contributed by atoms with van der Waals surface area (Å²) in [5, 5.41) is 11.5. The van der Waals surface area contributed by atoms with Crippen LogP contribution in [0, 0.1) is 0 Å². The highest BCUT2D eigenvalue weighted by Gasteiger charge is 2.12. The molecule has 7 nitrogen and oxygen atoms in total. The summed E-state index contributed by atoms with van der Waals surface area (Å²) < 4.78 is 10.1. The van der Waals surface area contributed by atoms with E-state index in [1.54, 1.807) is 26.0 Å². The maximum Gasteiger partial charge on any atom is 0.329 e. The van der Waals surface area contributed by atoms with Gasteiger partial charge in [-0.15, -0.1) is 10.2 Å². The first-order chi connectivity index (χ1) is 8.15. The van der Waals surface area contributed by atoms with Crippen LogP contribution in [-0.2, 0) is 16.1 Å². The van der Waals surface area contributed by atoms with Crippen molar-refractivity contribution < 1.29 is 13.9 Å². The first-order valence-corrected chi connectivity index (χ1v) is 5.16.